The molecule has 8 nitrogen and oxygen atoms in total. The summed E-state index contributed by atoms with van der Waals surface area (Å²) < 4.78 is 19.2. The fourth-order valence-corrected chi connectivity index (χ4v) is 1.74. The van der Waals surface area contributed by atoms with E-state index in [9.17, 15) is 19.2 Å². The molecule has 0 amide bonds. The molecule has 1 unspecified atom stereocenters. The molecular weight excluding hydrogens is 344 g/mol. The van der Waals surface area contributed by atoms with Crippen LogP contribution in [0.5, 0.6) is 0 Å². The molecule has 0 saturated heterocycles. The summed E-state index contributed by atoms with van der Waals surface area (Å²) in [5, 5.41) is 0. The number of methoxy groups -OCH3 is 1. The summed E-state index contributed by atoms with van der Waals surface area (Å²) in [6.07, 6.45) is 1.13. The Morgan fingerprint density at radius 3 is 2.35 bits per heavy atom. The van der Waals surface area contributed by atoms with Gasteiger partial charge in [-0.3, -0.25) is 0 Å². The minimum absolute atomic E-state index is 0.0441. The lowest BCUT2D eigenvalue weighted by Gasteiger charge is -2.14. The van der Waals surface area contributed by atoms with E-state index in [-0.39, 0.29) is 22.8 Å². The van der Waals surface area contributed by atoms with Gasteiger partial charge < -0.3 is 18.9 Å². The Hall–Kier alpha value is -3.16. The zero-order chi connectivity index (χ0) is 19.7. The van der Waals surface area contributed by atoms with E-state index in [1.165, 1.54) is 19.2 Å². The summed E-state index contributed by atoms with van der Waals surface area (Å²) in [6, 6.07) is 3.74. The fraction of sp³-hybridized carbons (Fsp3) is 0.333. The normalized spacial score (nSPS) is 11.0. The SMILES string of the molecule is C=CC(=O)OCOC(=O)c1cc(C(=O)OC)ccc1C(=O)OC(C)CC. The summed E-state index contributed by atoms with van der Waals surface area (Å²) in [5.41, 5.74) is -0.253. The van der Waals surface area contributed by atoms with E-state index in [1.54, 1.807) is 6.92 Å². The van der Waals surface area contributed by atoms with Crippen LogP contribution in [0.4, 0.5) is 0 Å². The first kappa shape index (κ1) is 20.9. The van der Waals surface area contributed by atoms with Crippen molar-refractivity contribution < 1.29 is 38.1 Å². The van der Waals surface area contributed by atoms with Gasteiger partial charge in [0.05, 0.1) is 29.9 Å². The summed E-state index contributed by atoms with van der Waals surface area (Å²) in [4.78, 5) is 47.2. The number of hydrogen-bond donors (Lipinski definition) is 0. The van der Waals surface area contributed by atoms with E-state index in [1.807, 2.05) is 6.92 Å². The quantitative estimate of drug-likeness (QED) is 0.299. The standard InChI is InChI=1S/C18H20O8/c1-5-11(3)26-18(22)13-8-7-12(16(20)23-4)9-14(13)17(21)25-10-24-15(19)6-2/h6-9,11H,2,5,10H2,1,3-4H3. The zero-order valence-corrected chi connectivity index (χ0v) is 14.8. The van der Waals surface area contributed by atoms with Gasteiger partial charge >= 0.3 is 23.9 Å². The van der Waals surface area contributed by atoms with Gasteiger partial charge in [0.25, 0.3) is 0 Å². The van der Waals surface area contributed by atoms with Crippen molar-refractivity contribution in [2.45, 2.75) is 26.4 Å². The number of benzene rings is 1. The molecule has 0 fully saturated rings. The Morgan fingerprint density at radius 1 is 1.08 bits per heavy atom. The largest absolute Gasteiger partial charge is 0.465 e. The number of carbonyl (C=O) groups excluding carboxylic acids is 4. The maximum Gasteiger partial charge on any atom is 0.341 e. The lowest BCUT2D eigenvalue weighted by molar-refractivity contribution is -0.146. The van der Waals surface area contributed by atoms with Crippen LogP contribution in [0.2, 0.25) is 0 Å². The van der Waals surface area contributed by atoms with Gasteiger partial charge in [-0.25, -0.2) is 19.2 Å². The van der Waals surface area contributed by atoms with Crippen molar-refractivity contribution in [3.63, 3.8) is 0 Å². The second-order valence-electron chi connectivity index (χ2n) is 5.09. The molecule has 8 heteroatoms. The van der Waals surface area contributed by atoms with Gasteiger partial charge in [-0.15, -0.1) is 0 Å². The number of carbonyl (C=O) groups is 4. The van der Waals surface area contributed by atoms with Crippen molar-refractivity contribution in [1.82, 2.24) is 0 Å². The van der Waals surface area contributed by atoms with Crippen LogP contribution in [0.1, 0.15) is 51.3 Å². The molecule has 0 saturated carbocycles. The van der Waals surface area contributed by atoms with Crippen LogP contribution in [-0.2, 0) is 23.7 Å². The van der Waals surface area contributed by atoms with Gasteiger partial charge in [0.1, 0.15) is 0 Å². The molecule has 0 aliphatic rings. The first-order valence-electron chi connectivity index (χ1n) is 7.73. The highest BCUT2D eigenvalue weighted by atomic mass is 16.7. The van der Waals surface area contributed by atoms with Crippen molar-refractivity contribution in [2.24, 2.45) is 0 Å². The van der Waals surface area contributed by atoms with E-state index in [4.69, 9.17) is 9.47 Å². The Labute approximate surface area is 150 Å². The molecule has 0 radical (unpaired) electrons. The van der Waals surface area contributed by atoms with Gasteiger partial charge in [-0.2, -0.15) is 0 Å². The maximum absolute atomic E-state index is 12.3. The van der Waals surface area contributed by atoms with E-state index >= 15 is 0 Å². The monoisotopic (exact) mass is 364 g/mol. The van der Waals surface area contributed by atoms with Crippen molar-refractivity contribution in [2.75, 3.05) is 13.9 Å². The molecule has 140 valence electrons. The maximum atomic E-state index is 12.3. The lowest BCUT2D eigenvalue weighted by atomic mass is 10.0. The minimum atomic E-state index is -0.969. The highest BCUT2D eigenvalue weighted by molar-refractivity contribution is 6.05. The molecule has 0 bridgehead atoms. The Morgan fingerprint density at radius 2 is 1.77 bits per heavy atom. The molecule has 26 heavy (non-hydrogen) atoms. The molecule has 1 aromatic rings. The first-order chi connectivity index (χ1) is 12.3. The number of ether oxygens (including phenoxy) is 4. The summed E-state index contributed by atoms with van der Waals surface area (Å²) in [5.74, 6) is -3.19. The van der Waals surface area contributed by atoms with Crippen LogP contribution in [0.15, 0.2) is 30.9 Å². The third kappa shape index (κ3) is 5.73. The predicted octanol–water partition coefficient (Wildman–Crippen LogP) is 2.27. The predicted molar refractivity (Wildman–Crippen MR) is 89.5 cm³/mol. The second-order valence-corrected chi connectivity index (χ2v) is 5.09. The molecule has 0 aliphatic heterocycles. The zero-order valence-electron chi connectivity index (χ0n) is 14.8. The summed E-state index contributed by atoms with van der Waals surface area (Å²) >= 11 is 0. The molecule has 0 N–H and O–H groups in total. The van der Waals surface area contributed by atoms with Crippen LogP contribution in [0.25, 0.3) is 0 Å². The Kier molecular flexibility index (Phi) is 8.01. The highest BCUT2D eigenvalue weighted by Crippen LogP contribution is 2.17. The first-order valence-corrected chi connectivity index (χ1v) is 7.73. The van der Waals surface area contributed by atoms with Crippen LogP contribution in [0.3, 0.4) is 0 Å². The van der Waals surface area contributed by atoms with E-state index in [0.29, 0.717) is 6.42 Å². The molecule has 0 aromatic heterocycles. The average molecular weight is 364 g/mol. The summed E-state index contributed by atoms with van der Waals surface area (Å²) in [7, 11) is 1.18. The third-order valence-electron chi connectivity index (χ3n) is 3.32. The summed E-state index contributed by atoms with van der Waals surface area (Å²) in [6.45, 7) is 6.06. The number of hydrogen-bond acceptors (Lipinski definition) is 8. The highest BCUT2D eigenvalue weighted by Gasteiger charge is 2.23. The van der Waals surface area contributed by atoms with Crippen LogP contribution in [0, 0.1) is 0 Å². The van der Waals surface area contributed by atoms with Crippen LogP contribution in [-0.4, -0.2) is 43.9 Å². The smallest absolute Gasteiger partial charge is 0.341 e. The molecule has 0 heterocycles. The van der Waals surface area contributed by atoms with Gasteiger partial charge in [-0.05, 0) is 31.5 Å². The topological polar surface area (TPSA) is 105 Å². The number of rotatable bonds is 8. The Bertz CT molecular complexity index is 707. The molecule has 1 rings (SSSR count). The molecule has 0 spiro atoms. The number of esters is 4. The molecule has 1 aromatic carbocycles. The van der Waals surface area contributed by atoms with Crippen molar-refractivity contribution >= 4 is 23.9 Å². The minimum Gasteiger partial charge on any atom is -0.465 e. The van der Waals surface area contributed by atoms with Crippen LogP contribution >= 0.6 is 0 Å². The average Bonchev–Trinajstić information content (AvgIpc) is 2.66. The van der Waals surface area contributed by atoms with Gasteiger partial charge in [-0.1, -0.05) is 13.5 Å². The van der Waals surface area contributed by atoms with Crippen molar-refractivity contribution in [1.29, 1.82) is 0 Å². The van der Waals surface area contributed by atoms with Crippen LogP contribution < -0.4 is 0 Å². The van der Waals surface area contributed by atoms with Gasteiger partial charge in [0, 0.05) is 6.08 Å². The molecular formula is C18H20O8. The van der Waals surface area contributed by atoms with E-state index < -0.39 is 30.7 Å². The molecule has 0 aliphatic carbocycles. The van der Waals surface area contributed by atoms with Crippen molar-refractivity contribution in [3.8, 4) is 0 Å². The molecule has 1 atom stereocenters. The van der Waals surface area contributed by atoms with Crippen molar-refractivity contribution in [3.05, 3.63) is 47.5 Å². The van der Waals surface area contributed by atoms with E-state index in [0.717, 1.165) is 12.1 Å². The van der Waals surface area contributed by atoms with Gasteiger partial charge in [0.15, 0.2) is 0 Å². The fourth-order valence-electron chi connectivity index (χ4n) is 1.74. The lowest BCUT2D eigenvalue weighted by Crippen LogP contribution is -2.20. The third-order valence-corrected chi connectivity index (χ3v) is 3.32. The van der Waals surface area contributed by atoms with E-state index in [2.05, 4.69) is 16.1 Å². The second kappa shape index (κ2) is 9.97. The Balaban J connectivity index is 3.10. The van der Waals surface area contributed by atoms with Gasteiger partial charge in [0.2, 0.25) is 6.79 Å².